The maximum absolute atomic E-state index is 10.0. The van der Waals surface area contributed by atoms with Gasteiger partial charge in [0.1, 0.15) is 6.04 Å². The van der Waals surface area contributed by atoms with E-state index in [2.05, 4.69) is 0 Å². The molecule has 0 spiro atoms. The fourth-order valence-corrected chi connectivity index (χ4v) is 0.461. The predicted octanol–water partition coefficient (Wildman–Crippen LogP) is -0.863. The monoisotopic (exact) mass is 131 g/mol. The summed E-state index contributed by atoms with van der Waals surface area (Å²) in [6.07, 6.45) is 1.14. The second-order valence-electron chi connectivity index (χ2n) is 1.88. The molecule has 0 aliphatic heterocycles. The first-order valence-electron chi connectivity index (χ1n) is 2.87. The first-order chi connectivity index (χ1) is 4.18. The minimum absolute atomic E-state index is 0.464. The van der Waals surface area contributed by atoms with Crippen LogP contribution in [0.15, 0.2) is 0 Å². The Labute approximate surface area is 53.8 Å². The summed E-state index contributed by atoms with van der Waals surface area (Å²) >= 11 is 0. The zero-order chi connectivity index (χ0) is 7.28. The third kappa shape index (κ3) is 3.93. The maximum atomic E-state index is 10.0. The van der Waals surface area contributed by atoms with Crippen LogP contribution in [0.5, 0.6) is 0 Å². The molecule has 0 saturated carbocycles. The fraction of sp³-hybridized carbons (Fsp3) is 0.800. The molecule has 0 amide bonds. The van der Waals surface area contributed by atoms with Crippen LogP contribution in [-0.2, 0) is 4.79 Å². The molecular formula is C5H12N2O2. The van der Waals surface area contributed by atoms with Gasteiger partial charge in [0.05, 0.1) is 0 Å². The first-order valence-corrected chi connectivity index (χ1v) is 2.87. The van der Waals surface area contributed by atoms with Gasteiger partial charge in [-0.1, -0.05) is 0 Å². The molecule has 0 rings (SSSR count). The molecule has 0 aromatic carbocycles. The van der Waals surface area contributed by atoms with Gasteiger partial charge in [0.2, 0.25) is 0 Å². The molecule has 9 heavy (non-hydrogen) atoms. The largest absolute Gasteiger partial charge is 0.480 e. The highest BCUT2D eigenvalue weighted by atomic mass is 16.3. The van der Waals surface area contributed by atoms with Crippen molar-refractivity contribution in [3.63, 3.8) is 0 Å². The summed E-state index contributed by atoms with van der Waals surface area (Å²) < 4.78 is 0. The van der Waals surface area contributed by atoms with Crippen molar-refractivity contribution in [1.82, 2.24) is 0 Å². The molecule has 0 bridgehead atoms. The Balaban J connectivity index is 3.27. The van der Waals surface area contributed by atoms with E-state index < -0.39 is 12.0 Å². The minimum atomic E-state index is -0.955. The first kappa shape index (κ1) is 8.39. The number of carboxylic acid groups (broad SMARTS) is 1. The zero-order valence-corrected chi connectivity index (χ0v) is 5.21. The Hall–Kier alpha value is -0.610. The maximum Gasteiger partial charge on any atom is 0.320 e. The molecule has 0 aliphatic carbocycles. The predicted molar refractivity (Wildman–Crippen MR) is 33.9 cm³/mol. The number of carboxylic acids is 1. The van der Waals surface area contributed by atoms with Gasteiger partial charge in [0.25, 0.3) is 0 Å². The molecule has 4 heteroatoms. The summed E-state index contributed by atoms with van der Waals surface area (Å²) in [5.74, 6) is -0.955. The van der Waals surface area contributed by atoms with Crippen LogP contribution in [0.2, 0.25) is 0 Å². The molecule has 1 unspecified atom stereocenters. The van der Waals surface area contributed by atoms with Crippen molar-refractivity contribution < 1.29 is 9.90 Å². The van der Waals surface area contributed by atoms with Gasteiger partial charge in [-0.25, -0.2) is 0 Å². The number of carbonyl (C=O) groups is 1. The molecule has 4 nitrogen and oxygen atoms in total. The van der Waals surface area contributed by atoms with E-state index in [1.807, 2.05) is 0 Å². The molecule has 0 fully saturated rings. The van der Waals surface area contributed by atoms with Crippen molar-refractivity contribution in [3.8, 4) is 0 Å². The van der Waals surface area contributed by atoms with Crippen molar-refractivity contribution in [2.24, 2.45) is 11.5 Å². The summed E-state index contributed by atoms with van der Waals surface area (Å²) in [4.78, 5) is 10.0. The van der Waals surface area contributed by atoms with Crippen LogP contribution in [0.4, 0.5) is 0 Å². The molecular weight excluding hydrogens is 119 g/mol. The Morgan fingerprint density at radius 3 is 2.56 bits per heavy atom. The van der Waals surface area contributed by atoms with E-state index in [1.54, 1.807) is 0 Å². The highest BCUT2D eigenvalue weighted by Crippen LogP contribution is 1.91. The standard InChI is InChI=1S/C5H12N2O2/c6-3-1-2-4(7)5(8)9/h4H,1-3,6-7H2,(H,8,9)/i5-1. The molecule has 0 saturated heterocycles. The lowest BCUT2D eigenvalue weighted by atomic mass is 9.91. The average Bonchev–Trinajstić information content (AvgIpc) is 1.82. The highest BCUT2D eigenvalue weighted by molar-refractivity contribution is 5.72. The van der Waals surface area contributed by atoms with Crippen LogP contribution in [-0.4, -0.2) is 23.7 Å². The van der Waals surface area contributed by atoms with E-state index in [0.717, 1.165) is 0 Å². The number of hydrogen-bond acceptors (Lipinski definition) is 3. The quantitative estimate of drug-likeness (QED) is 0.463. The highest BCUT2D eigenvalue weighted by Gasteiger charge is 2.08. The molecule has 0 radical (unpaired) electrons. The number of nitrogens with two attached hydrogens (primary N) is 2. The summed E-state index contributed by atoms with van der Waals surface area (Å²) in [6.45, 7) is 0.501. The second-order valence-corrected chi connectivity index (χ2v) is 1.88. The molecule has 54 valence electrons. The summed E-state index contributed by atoms with van der Waals surface area (Å²) in [5.41, 5.74) is 10.3. The van der Waals surface area contributed by atoms with Crippen molar-refractivity contribution in [3.05, 3.63) is 0 Å². The van der Waals surface area contributed by atoms with Gasteiger partial charge >= 0.3 is 5.97 Å². The van der Waals surface area contributed by atoms with Crippen molar-refractivity contribution >= 4 is 5.97 Å². The van der Waals surface area contributed by atoms with Crippen molar-refractivity contribution in [1.29, 1.82) is 0 Å². The van der Waals surface area contributed by atoms with Gasteiger partial charge < -0.3 is 16.6 Å². The van der Waals surface area contributed by atoms with Gasteiger partial charge in [-0.3, -0.25) is 4.79 Å². The number of rotatable bonds is 4. The van der Waals surface area contributed by atoms with Crippen LogP contribution >= 0.6 is 0 Å². The van der Waals surface area contributed by atoms with Crippen LogP contribution < -0.4 is 11.5 Å². The zero-order valence-electron chi connectivity index (χ0n) is 5.21. The smallest absolute Gasteiger partial charge is 0.320 e. The van der Waals surface area contributed by atoms with Crippen LogP contribution in [0.25, 0.3) is 0 Å². The van der Waals surface area contributed by atoms with E-state index in [4.69, 9.17) is 16.6 Å². The van der Waals surface area contributed by atoms with Crippen LogP contribution in [0.1, 0.15) is 12.8 Å². The molecule has 1 atom stereocenters. The minimum Gasteiger partial charge on any atom is -0.480 e. The number of hydrogen-bond donors (Lipinski definition) is 3. The normalized spacial score (nSPS) is 13.1. The Morgan fingerprint density at radius 2 is 2.22 bits per heavy atom. The number of aliphatic carboxylic acids is 1. The van der Waals surface area contributed by atoms with Crippen molar-refractivity contribution in [2.75, 3.05) is 6.54 Å². The Kier molecular flexibility index (Phi) is 4.00. The fourth-order valence-electron chi connectivity index (χ4n) is 0.461. The second kappa shape index (κ2) is 4.29. The van der Waals surface area contributed by atoms with Crippen LogP contribution in [0, 0.1) is 0 Å². The SMILES string of the molecule is NCCCC(N)[11C](=O)O. The van der Waals surface area contributed by atoms with E-state index in [0.29, 0.717) is 19.4 Å². The third-order valence-electron chi connectivity index (χ3n) is 1.04. The molecule has 5 N–H and O–H groups in total. The lowest BCUT2D eigenvalue weighted by Gasteiger charge is -2.02. The van der Waals surface area contributed by atoms with E-state index >= 15 is 0 Å². The average molecular weight is 131 g/mol. The summed E-state index contributed by atoms with van der Waals surface area (Å²) in [5, 5.41) is 8.24. The van der Waals surface area contributed by atoms with Crippen LogP contribution in [0.3, 0.4) is 0 Å². The molecule has 0 aromatic rings. The Bertz CT molecular complexity index is 95.0. The third-order valence-corrected chi connectivity index (χ3v) is 1.04. The molecule has 0 aromatic heterocycles. The van der Waals surface area contributed by atoms with Crippen molar-refractivity contribution in [2.45, 2.75) is 18.9 Å². The van der Waals surface area contributed by atoms with E-state index in [9.17, 15) is 4.79 Å². The van der Waals surface area contributed by atoms with Gasteiger partial charge in [0.15, 0.2) is 0 Å². The van der Waals surface area contributed by atoms with Gasteiger partial charge in [-0.2, -0.15) is 0 Å². The van der Waals surface area contributed by atoms with Gasteiger partial charge in [0, 0.05) is 0 Å². The molecule has 0 heterocycles. The molecule has 0 aliphatic rings. The van der Waals surface area contributed by atoms with Gasteiger partial charge in [-0.05, 0) is 19.4 Å². The summed E-state index contributed by atoms with van der Waals surface area (Å²) in [7, 11) is 0. The van der Waals surface area contributed by atoms with Gasteiger partial charge in [-0.15, -0.1) is 0 Å². The summed E-state index contributed by atoms with van der Waals surface area (Å²) in [6, 6.07) is -0.742. The van der Waals surface area contributed by atoms with E-state index in [1.165, 1.54) is 0 Å². The Morgan fingerprint density at radius 1 is 1.67 bits per heavy atom. The topological polar surface area (TPSA) is 89.3 Å². The van der Waals surface area contributed by atoms with E-state index in [-0.39, 0.29) is 0 Å². The lowest BCUT2D eigenvalue weighted by Crippen LogP contribution is -2.30. The lowest BCUT2D eigenvalue weighted by molar-refractivity contribution is -0.138.